The van der Waals surface area contributed by atoms with Crippen LogP contribution in [0, 0.1) is 0 Å². The van der Waals surface area contributed by atoms with E-state index in [0.29, 0.717) is 24.0 Å². The van der Waals surface area contributed by atoms with Gasteiger partial charge in [-0.15, -0.1) is 0 Å². The van der Waals surface area contributed by atoms with Crippen LogP contribution in [0.4, 0.5) is 11.5 Å². The zero-order valence-electron chi connectivity index (χ0n) is 10.5. The maximum atomic E-state index is 9.18. The molecule has 0 amide bonds. The number of rotatable bonds is 6. The minimum Gasteiger partial charge on any atom is -0.476 e. The van der Waals surface area contributed by atoms with Crippen LogP contribution in [-0.4, -0.2) is 33.8 Å². The van der Waals surface area contributed by atoms with Crippen LogP contribution in [0.1, 0.15) is 27.2 Å². The Kier molecular flexibility index (Phi) is 4.51. The van der Waals surface area contributed by atoms with E-state index in [1.54, 1.807) is 0 Å². The lowest BCUT2D eigenvalue weighted by molar-refractivity contribution is 0.234. The highest BCUT2D eigenvalue weighted by Gasteiger charge is 2.19. The molecule has 6 nitrogen and oxygen atoms in total. The van der Waals surface area contributed by atoms with Crippen LogP contribution in [0.3, 0.4) is 0 Å². The van der Waals surface area contributed by atoms with Crippen LogP contribution < -0.4 is 15.8 Å². The van der Waals surface area contributed by atoms with E-state index in [2.05, 4.69) is 15.3 Å². The Morgan fingerprint density at radius 3 is 2.76 bits per heavy atom. The predicted molar refractivity (Wildman–Crippen MR) is 67.0 cm³/mol. The summed E-state index contributed by atoms with van der Waals surface area (Å²) in [6.07, 6.45) is 2.27. The van der Waals surface area contributed by atoms with Gasteiger partial charge in [-0.05, 0) is 20.3 Å². The van der Waals surface area contributed by atoms with Gasteiger partial charge < -0.3 is 20.9 Å². The normalized spacial score (nSPS) is 11.3. The van der Waals surface area contributed by atoms with Gasteiger partial charge in [0.15, 0.2) is 5.82 Å². The van der Waals surface area contributed by atoms with Crippen LogP contribution in [-0.2, 0) is 0 Å². The molecular formula is C11H20N4O2. The van der Waals surface area contributed by atoms with Crippen LogP contribution in [0.25, 0.3) is 0 Å². The van der Waals surface area contributed by atoms with Crippen molar-refractivity contribution in [3.63, 3.8) is 0 Å². The lowest BCUT2D eigenvalue weighted by Gasteiger charge is -2.25. The monoisotopic (exact) mass is 240 g/mol. The third-order valence-electron chi connectivity index (χ3n) is 2.14. The first-order chi connectivity index (χ1) is 8.00. The highest BCUT2D eigenvalue weighted by molar-refractivity contribution is 5.67. The van der Waals surface area contributed by atoms with Crippen molar-refractivity contribution in [1.29, 1.82) is 0 Å². The number of hydrogen-bond donors (Lipinski definition) is 3. The summed E-state index contributed by atoms with van der Waals surface area (Å²) in [5.74, 6) is 0.850. The topological polar surface area (TPSA) is 93.3 Å². The molecule has 0 aliphatic heterocycles. The van der Waals surface area contributed by atoms with Crippen LogP contribution in [0.15, 0.2) is 6.33 Å². The quantitative estimate of drug-likeness (QED) is 0.687. The van der Waals surface area contributed by atoms with Crippen molar-refractivity contribution in [2.45, 2.75) is 32.7 Å². The number of hydrogen-bond acceptors (Lipinski definition) is 6. The lowest BCUT2D eigenvalue weighted by atomic mass is 10.1. The average molecular weight is 240 g/mol. The van der Waals surface area contributed by atoms with E-state index >= 15 is 0 Å². The summed E-state index contributed by atoms with van der Waals surface area (Å²) in [6, 6.07) is 0. The van der Waals surface area contributed by atoms with Gasteiger partial charge in [-0.1, -0.05) is 6.92 Å². The Morgan fingerprint density at radius 2 is 2.18 bits per heavy atom. The summed E-state index contributed by atoms with van der Waals surface area (Å²) in [5.41, 5.74) is 5.76. The molecule has 4 N–H and O–H groups in total. The summed E-state index contributed by atoms with van der Waals surface area (Å²) in [5, 5.41) is 12.2. The number of ether oxygens (including phenoxy) is 1. The van der Waals surface area contributed by atoms with Crippen molar-refractivity contribution >= 4 is 11.5 Å². The summed E-state index contributed by atoms with van der Waals surface area (Å²) in [4.78, 5) is 8.01. The van der Waals surface area contributed by atoms with E-state index in [1.165, 1.54) is 6.33 Å². The van der Waals surface area contributed by atoms with Crippen molar-refractivity contribution in [3.05, 3.63) is 6.33 Å². The van der Waals surface area contributed by atoms with E-state index in [0.717, 1.165) is 6.42 Å². The predicted octanol–water partition coefficient (Wildman–Crippen LogP) is 1.03. The first-order valence-corrected chi connectivity index (χ1v) is 5.62. The molecule has 0 fully saturated rings. The SMILES string of the molecule is CCCOc1ncnc(NC(C)(C)CO)c1N. The molecule has 6 heteroatoms. The Bertz CT molecular complexity index is 368. The standard InChI is InChI=1S/C11H20N4O2/c1-4-5-17-10-8(12)9(13-7-14-10)15-11(2,3)6-16/h7,16H,4-6,12H2,1-3H3,(H,13,14,15). The van der Waals surface area contributed by atoms with Gasteiger partial charge in [0, 0.05) is 0 Å². The molecule has 0 aliphatic carbocycles. The third kappa shape index (κ3) is 3.74. The van der Waals surface area contributed by atoms with Gasteiger partial charge in [0.1, 0.15) is 12.0 Å². The van der Waals surface area contributed by atoms with E-state index in [-0.39, 0.29) is 6.61 Å². The summed E-state index contributed by atoms with van der Waals surface area (Å²) in [7, 11) is 0. The van der Waals surface area contributed by atoms with E-state index < -0.39 is 5.54 Å². The molecule has 0 bridgehead atoms. The highest BCUT2D eigenvalue weighted by atomic mass is 16.5. The Labute approximate surface area is 101 Å². The van der Waals surface area contributed by atoms with Gasteiger partial charge >= 0.3 is 0 Å². The molecular weight excluding hydrogens is 220 g/mol. The fraction of sp³-hybridized carbons (Fsp3) is 0.636. The largest absolute Gasteiger partial charge is 0.476 e. The first kappa shape index (κ1) is 13.5. The fourth-order valence-corrected chi connectivity index (χ4v) is 1.15. The molecule has 0 aromatic carbocycles. The zero-order chi connectivity index (χ0) is 12.9. The summed E-state index contributed by atoms with van der Waals surface area (Å²) >= 11 is 0. The molecule has 0 saturated carbocycles. The van der Waals surface area contributed by atoms with Gasteiger partial charge in [0.25, 0.3) is 0 Å². The maximum Gasteiger partial charge on any atom is 0.242 e. The minimum absolute atomic E-state index is 0.0262. The van der Waals surface area contributed by atoms with Crippen molar-refractivity contribution in [2.75, 3.05) is 24.3 Å². The number of nitrogens with two attached hydrogens (primary N) is 1. The molecule has 1 rings (SSSR count). The smallest absolute Gasteiger partial charge is 0.242 e. The van der Waals surface area contributed by atoms with Crippen LogP contribution >= 0.6 is 0 Å². The number of anilines is 2. The highest BCUT2D eigenvalue weighted by Crippen LogP contribution is 2.26. The molecule has 0 radical (unpaired) electrons. The molecule has 0 aliphatic rings. The number of nitrogens with zero attached hydrogens (tertiary/aromatic N) is 2. The van der Waals surface area contributed by atoms with Crippen molar-refractivity contribution in [1.82, 2.24) is 9.97 Å². The first-order valence-electron chi connectivity index (χ1n) is 5.62. The number of aliphatic hydroxyl groups is 1. The second-order valence-electron chi connectivity index (χ2n) is 4.46. The van der Waals surface area contributed by atoms with Gasteiger partial charge in [-0.3, -0.25) is 0 Å². The Balaban J connectivity index is 2.86. The summed E-state index contributed by atoms with van der Waals surface area (Å²) < 4.78 is 5.40. The molecule has 0 unspecified atom stereocenters. The minimum atomic E-state index is -0.496. The number of aliphatic hydroxyl groups excluding tert-OH is 1. The summed E-state index contributed by atoms with van der Waals surface area (Å²) in [6.45, 7) is 6.24. The van der Waals surface area contributed by atoms with E-state index in [9.17, 15) is 5.11 Å². The van der Waals surface area contributed by atoms with Crippen LogP contribution in [0.2, 0.25) is 0 Å². The van der Waals surface area contributed by atoms with E-state index in [1.807, 2.05) is 20.8 Å². The second-order valence-corrected chi connectivity index (χ2v) is 4.46. The molecule has 0 atom stereocenters. The molecule has 17 heavy (non-hydrogen) atoms. The maximum absolute atomic E-state index is 9.18. The molecule has 1 heterocycles. The van der Waals surface area contributed by atoms with Crippen molar-refractivity contribution in [3.8, 4) is 5.88 Å². The third-order valence-corrected chi connectivity index (χ3v) is 2.14. The average Bonchev–Trinajstić information content (AvgIpc) is 2.30. The van der Waals surface area contributed by atoms with Gasteiger partial charge in [-0.2, -0.15) is 4.98 Å². The van der Waals surface area contributed by atoms with Crippen molar-refractivity contribution in [2.24, 2.45) is 0 Å². The molecule has 1 aromatic rings. The Morgan fingerprint density at radius 1 is 1.47 bits per heavy atom. The molecule has 0 saturated heterocycles. The van der Waals surface area contributed by atoms with E-state index in [4.69, 9.17) is 10.5 Å². The van der Waals surface area contributed by atoms with Gasteiger partial charge in [0.2, 0.25) is 5.88 Å². The van der Waals surface area contributed by atoms with Gasteiger partial charge in [-0.25, -0.2) is 4.98 Å². The lowest BCUT2D eigenvalue weighted by Crippen LogP contribution is -2.35. The van der Waals surface area contributed by atoms with Crippen molar-refractivity contribution < 1.29 is 9.84 Å². The second kappa shape index (κ2) is 5.67. The zero-order valence-corrected chi connectivity index (χ0v) is 10.5. The number of nitrogen functional groups attached to an aromatic ring is 1. The Hall–Kier alpha value is -1.56. The molecule has 96 valence electrons. The number of aromatic nitrogens is 2. The van der Waals surface area contributed by atoms with Crippen LogP contribution in [0.5, 0.6) is 5.88 Å². The molecule has 0 spiro atoms. The number of nitrogens with one attached hydrogen (secondary N) is 1. The molecule has 1 aromatic heterocycles. The fourth-order valence-electron chi connectivity index (χ4n) is 1.15. The van der Waals surface area contributed by atoms with Gasteiger partial charge in [0.05, 0.1) is 18.8 Å².